The molecular weight excluding hydrogens is 212 g/mol. The second-order valence-corrected chi connectivity index (χ2v) is 3.11. The van der Waals surface area contributed by atoms with E-state index in [0.717, 1.165) is 15.1 Å². The van der Waals surface area contributed by atoms with Gasteiger partial charge in [0.15, 0.2) is 0 Å². The van der Waals surface area contributed by atoms with Crippen LogP contribution >= 0.6 is 28.6 Å². The normalized spacial score (nSPS) is 9.50. The van der Waals surface area contributed by atoms with Crippen LogP contribution in [-0.2, 0) is 0 Å². The van der Waals surface area contributed by atoms with E-state index in [4.69, 9.17) is 5.84 Å². The van der Waals surface area contributed by atoms with Gasteiger partial charge in [-0.25, -0.2) is 0 Å². The molecule has 4 heteroatoms. The van der Waals surface area contributed by atoms with E-state index in [2.05, 4.69) is 34.0 Å². The van der Waals surface area contributed by atoms with Crippen LogP contribution in [0.25, 0.3) is 0 Å². The zero-order valence-corrected chi connectivity index (χ0v) is 7.62. The third-order valence-corrected chi connectivity index (χ3v) is 2.17. The average Bonchev–Trinajstić information content (AvgIpc) is 1.88. The van der Waals surface area contributed by atoms with Crippen LogP contribution in [0.2, 0.25) is 0 Å². The molecule has 0 aromatic heterocycles. The number of hydrogen-bond acceptors (Lipinski definition) is 3. The van der Waals surface area contributed by atoms with Crippen molar-refractivity contribution >= 4 is 34.2 Å². The zero-order chi connectivity index (χ0) is 7.56. The van der Waals surface area contributed by atoms with Crippen molar-refractivity contribution in [3.05, 3.63) is 22.7 Å². The minimum atomic E-state index is 0.811. The van der Waals surface area contributed by atoms with Gasteiger partial charge in [0.1, 0.15) is 0 Å². The fourth-order valence-corrected chi connectivity index (χ4v) is 1.56. The topological polar surface area (TPSA) is 38.0 Å². The van der Waals surface area contributed by atoms with Gasteiger partial charge in [0.25, 0.3) is 0 Å². The summed E-state index contributed by atoms with van der Waals surface area (Å²) >= 11 is 7.49. The number of para-hydroxylation sites is 1. The minimum absolute atomic E-state index is 0.811. The SMILES string of the molecule is NNc1c(S)cccc1Br. The molecular formula is C6H7BrN2S. The first-order valence-corrected chi connectivity index (χ1v) is 3.94. The Morgan fingerprint density at radius 2 is 2.20 bits per heavy atom. The second-order valence-electron chi connectivity index (χ2n) is 1.78. The molecule has 0 atom stereocenters. The van der Waals surface area contributed by atoms with Crippen molar-refractivity contribution in [3.63, 3.8) is 0 Å². The summed E-state index contributed by atoms with van der Waals surface area (Å²) in [7, 11) is 0. The van der Waals surface area contributed by atoms with Crippen molar-refractivity contribution in [1.29, 1.82) is 0 Å². The minimum Gasteiger partial charge on any atom is -0.322 e. The lowest BCUT2D eigenvalue weighted by atomic mass is 10.3. The number of hydrazine groups is 1. The van der Waals surface area contributed by atoms with Crippen LogP contribution in [0.15, 0.2) is 27.6 Å². The summed E-state index contributed by atoms with van der Waals surface area (Å²) in [6.07, 6.45) is 0. The van der Waals surface area contributed by atoms with E-state index in [1.807, 2.05) is 18.2 Å². The van der Waals surface area contributed by atoms with E-state index >= 15 is 0 Å². The van der Waals surface area contributed by atoms with Crippen LogP contribution in [-0.4, -0.2) is 0 Å². The van der Waals surface area contributed by atoms with Gasteiger partial charge >= 0.3 is 0 Å². The highest BCUT2D eigenvalue weighted by Gasteiger charge is 1.99. The molecule has 10 heavy (non-hydrogen) atoms. The summed E-state index contributed by atoms with van der Waals surface area (Å²) in [6, 6.07) is 5.66. The zero-order valence-electron chi connectivity index (χ0n) is 5.13. The van der Waals surface area contributed by atoms with E-state index < -0.39 is 0 Å². The second kappa shape index (κ2) is 3.27. The number of hydrogen-bond donors (Lipinski definition) is 3. The summed E-state index contributed by atoms with van der Waals surface area (Å²) in [5, 5.41) is 0. The van der Waals surface area contributed by atoms with Crippen molar-refractivity contribution in [3.8, 4) is 0 Å². The van der Waals surface area contributed by atoms with Gasteiger partial charge in [-0.3, -0.25) is 5.84 Å². The van der Waals surface area contributed by atoms with Gasteiger partial charge in [0.2, 0.25) is 0 Å². The first kappa shape index (κ1) is 7.91. The van der Waals surface area contributed by atoms with Crippen LogP contribution in [0, 0.1) is 0 Å². The average molecular weight is 219 g/mol. The monoisotopic (exact) mass is 218 g/mol. The Morgan fingerprint density at radius 3 is 2.60 bits per heavy atom. The first-order valence-electron chi connectivity index (χ1n) is 2.70. The van der Waals surface area contributed by atoms with E-state index in [9.17, 15) is 0 Å². The Morgan fingerprint density at radius 1 is 1.50 bits per heavy atom. The van der Waals surface area contributed by atoms with Crippen molar-refractivity contribution in [2.24, 2.45) is 5.84 Å². The van der Waals surface area contributed by atoms with E-state index in [1.165, 1.54) is 0 Å². The molecule has 0 spiro atoms. The lowest BCUT2D eigenvalue weighted by molar-refractivity contribution is 1.28. The van der Waals surface area contributed by atoms with Gasteiger partial charge in [-0.2, -0.15) is 0 Å². The third kappa shape index (κ3) is 1.45. The molecule has 0 aliphatic rings. The standard InChI is InChI=1S/C6H7BrN2S/c7-4-2-1-3-5(10)6(4)9-8/h1-3,9-10H,8H2. The molecule has 0 radical (unpaired) electrons. The van der Waals surface area contributed by atoms with E-state index in [1.54, 1.807) is 0 Å². The maximum absolute atomic E-state index is 5.22. The Kier molecular flexibility index (Phi) is 2.59. The smallest absolute Gasteiger partial charge is 0.0762 e. The summed E-state index contributed by atoms with van der Waals surface area (Å²) in [5.41, 5.74) is 3.35. The molecule has 1 aromatic rings. The molecule has 54 valence electrons. The van der Waals surface area contributed by atoms with Crippen LogP contribution in [0.1, 0.15) is 0 Å². The van der Waals surface area contributed by atoms with Crippen LogP contribution in [0.4, 0.5) is 5.69 Å². The molecule has 3 N–H and O–H groups in total. The Balaban J connectivity index is 3.17. The molecule has 0 saturated heterocycles. The van der Waals surface area contributed by atoms with Crippen molar-refractivity contribution in [2.75, 3.05) is 5.43 Å². The molecule has 0 amide bonds. The van der Waals surface area contributed by atoms with Gasteiger partial charge in [-0.15, -0.1) is 12.6 Å². The molecule has 0 fully saturated rings. The summed E-state index contributed by atoms with van der Waals surface area (Å²) in [4.78, 5) is 0.830. The predicted molar refractivity (Wildman–Crippen MR) is 49.2 cm³/mol. The number of anilines is 1. The third-order valence-electron chi connectivity index (χ3n) is 1.14. The van der Waals surface area contributed by atoms with Gasteiger partial charge < -0.3 is 5.43 Å². The highest BCUT2D eigenvalue weighted by Crippen LogP contribution is 2.27. The summed E-state index contributed by atoms with van der Waals surface area (Å²) in [5.74, 6) is 5.22. The predicted octanol–water partition coefficient (Wildman–Crippen LogP) is 2.02. The molecule has 0 saturated carbocycles. The van der Waals surface area contributed by atoms with Gasteiger partial charge in [-0.05, 0) is 28.1 Å². The van der Waals surface area contributed by atoms with Gasteiger partial charge in [0.05, 0.1) is 5.69 Å². The number of rotatable bonds is 1. The summed E-state index contributed by atoms with van der Waals surface area (Å²) in [6.45, 7) is 0. The number of nitrogen functional groups attached to an aromatic ring is 1. The van der Waals surface area contributed by atoms with E-state index in [0.29, 0.717) is 0 Å². The number of thiol groups is 1. The van der Waals surface area contributed by atoms with Crippen molar-refractivity contribution in [2.45, 2.75) is 4.90 Å². The molecule has 1 aromatic carbocycles. The van der Waals surface area contributed by atoms with Gasteiger partial charge in [0, 0.05) is 9.37 Å². The van der Waals surface area contributed by atoms with Crippen LogP contribution < -0.4 is 11.3 Å². The molecule has 2 nitrogen and oxygen atoms in total. The molecule has 0 aliphatic heterocycles. The lowest BCUT2D eigenvalue weighted by Crippen LogP contribution is -2.07. The van der Waals surface area contributed by atoms with E-state index in [-0.39, 0.29) is 0 Å². The molecule has 1 rings (SSSR count). The van der Waals surface area contributed by atoms with Crippen LogP contribution in [0.3, 0.4) is 0 Å². The highest BCUT2D eigenvalue weighted by atomic mass is 79.9. The number of halogens is 1. The molecule has 0 aliphatic carbocycles. The Hall–Kier alpha value is -0.190. The molecule has 0 bridgehead atoms. The quantitative estimate of drug-likeness (QED) is 0.384. The lowest BCUT2D eigenvalue weighted by Gasteiger charge is -2.04. The highest BCUT2D eigenvalue weighted by molar-refractivity contribution is 9.10. The number of nitrogens with two attached hydrogens (primary N) is 1. The molecule has 0 heterocycles. The number of nitrogens with one attached hydrogen (secondary N) is 1. The molecule has 0 unspecified atom stereocenters. The maximum Gasteiger partial charge on any atom is 0.0762 e. The fourth-order valence-electron chi connectivity index (χ4n) is 0.656. The van der Waals surface area contributed by atoms with Crippen LogP contribution in [0.5, 0.6) is 0 Å². The van der Waals surface area contributed by atoms with Crippen molar-refractivity contribution in [1.82, 2.24) is 0 Å². The largest absolute Gasteiger partial charge is 0.322 e. The Bertz CT molecular complexity index is 219. The Labute approximate surface area is 73.3 Å². The fraction of sp³-hybridized carbons (Fsp3) is 0. The first-order chi connectivity index (χ1) is 4.75. The number of benzene rings is 1. The van der Waals surface area contributed by atoms with Gasteiger partial charge in [-0.1, -0.05) is 6.07 Å². The maximum atomic E-state index is 5.22. The summed E-state index contributed by atoms with van der Waals surface area (Å²) < 4.78 is 0.919. The van der Waals surface area contributed by atoms with Crippen molar-refractivity contribution < 1.29 is 0 Å².